The van der Waals surface area contributed by atoms with Gasteiger partial charge in [-0.15, -0.1) is 0 Å². The van der Waals surface area contributed by atoms with E-state index in [0.29, 0.717) is 70.2 Å². The summed E-state index contributed by atoms with van der Waals surface area (Å²) in [6.45, 7) is 4.83. The van der Waals surface area contributed by atoms with Crippen molar-refractivity contribution < 1.29 is 37.0 Å². The van der Waals surface area contributed by atoms with E-state index in [1.807, 2.05) is 47.1 Å². The summed E-state index contributed by atoms with van der Waals surface area (Å²) in [6, 6.07) is 13.6. The molecule has 268 valence electrons. The predicted octanol–water partition coefficient (Wildman–Crippen LogP) is 5.31. The Bertz CT molecular complexity index is 1660. The monoisotopic (exact) mass is 695 g/mol. The van der Waals surface area contributed by atoms with Crippen molar-refractivity contribution >= 4 is 23.4 Å². The predicted molar refractivity (Wildman–Crippen MR) is 181 cm³/mol. The molecule has 1 aromatic heterocycles. The Morgan fingerprint density at radius 1 is 0.900 bits per heavy atom. The lowest BCUT2D eigenvalue weighted by Crippen LogP contribution is -2.38. The number of carbonyl (C=O) groups excluding carboxylic acids is 2. The number of esters is 1. The Balaban J connectivity index is 1.30. The van der Waals surface area contributed by atoms with Crippen LogP contribution in [0.3, 0.4) is 0 Å². The van der Waals surface area contributed by atoms with Crippen LogP contribution < -0.4 is 14.5 Å². The zero-order valence-corrected chi connectivity index (χ0v) is 28.9. The molecule has 0 saturated carbocycles. The van der Waals surface area contributed by atoms with E-state index in [9.17, 15) is 22.8 Å². The van der Waals surface area contributed by atoms with Gasteiger partial charge in [0.1, 0.15) is 17.4 Å². The number of hydrogen-bond donors (Lipinski definition) is 0. The van der Waals surface area contributed by atoms with E-state index < -0.39 is 11.7 Å². The van der Waals surface area contributed by atoms with Gasteiger partial charge in [-0.25, -0.2) is 9.97 Å². The first-order chi connectivity index (χ1) is 24.0. The molecule has 1 amide bonds. The largest absolute Gasteiger partial charge is 0.497 e. The van der Waals surface area contributed by atoms with Crippen LogP contribution >= 0.6 is 0 Å². The van der Waals surface area contributed by atoms with Crippen molar-refractivity contribution in [2.24, 2.45) is 17.8 Å². The quantitative estimate of drug-likeness (QED) is 0.276. The van der Waals surface area contributed by atoms with Gasteiger partial charge in [-0.05, 0) is 61.2 Å². The first-order valence-electron chi connectivity index (χ1n) is 17.0. The number of aromatic nitrogens is 2. The summed E-state index contributed by atoms with van der Waals surface area (Å²) in [6.07, 6.45) is -1.84. The molecular weight excluding hydrogens is 651 g/mol. The highest BCUT2D eigenvalue weighted by Crippen LogP contribution is 2.44. The van der Waals surface area contributed by atoms with E-state index in [2.05, 4.69) is 14.9 Å². The minimum absolute atomic E-state index is 0.00458. The number of likely N-dealkylation sites (tertiary alicyclic amines) is 1. The molecule has 0 aliphatic carbocycles. The molecule has 0 bridgehead atoms. The van der Waals surface area contributed by atoms with E-state index in [0.717, 1.165) is 28.8 Å². The van der Waals surface area contributed by atoms with Crippen molar-refractivity contribution in [1.29, 1.82) is 0 Å². The first-order valence-corrected chi connectivity index (χ1v) is 17.0. The number of methoxy groups -OCH3 is 3. The summed E-state index contributed by atoms with van der Waals surface area (Å²) in [5, 5.41) is 0. The van der Waals surface area contributed by atoms with Gasteiger partial charge in [-0.1, -0.05) is 18.2 Å². The molecule has 3 aliphatic heterocycles. The number of carbonyl (C=O) groups is 2. The average molecular weight is 696 g/mol. The second-order valence-electron chi connectivity index (χ2n) is 13.5. The lowest BCUT2D eigenvalue weighted by Gasteiger charge is -2.35. The van der Waals surface area contributed by atoms with Gasteiger partial charge in [0.15, 0.2) is 0 Å². The van der Waals surface area contributed by atoms with E-state index in [4.69, 9.17) is 14.2 Å². The molecule has 10 nitrogen and oxygen atoms in total. The van der Waals surface area contributed by atoms with Crippen molar-refractivity contribution in [1.82, 2.24) is 14.9 Å². The number of halogens is 3. The third-order valence-corrected chi connectivity index (χ3v) is 10.5. The van der Waals surface area contributed by atoms with Gasteiger partial charge in [-0.3, -0.25) is 9.59 Å². The second-order valence-corrected chi connectivity index (χ2v) is 13.5. The fraction of sp³-hybridized carbons (Fsp3) is 0.514. The van der Waals surface area contributed by atoms with Crippen LogP contribution in [0, 0.1) is 24.7 Å². The standard InChI is InChI=1S/C37H44F3N5O5/c1-23-41-14-11-34(42-23)44-19-30(24-5-8-28(49-3)9-6-24)32(21-44)35(46)45-18-26(22-48-2)31(20-45)29-10-7-27(37(38,39)40)17-33(29)43-15-12-25(13-16-43)36(47)50-4/h5-11,14,17,25-26,30-32H,12-13,15-16,18-22H2,1-4H3/t26-,30+,31+,32-/m1/s1. The van der Waals surface area contributed by atoms with Gasteiger partial charge in [0.05, 0.1) is 38.2 Å². The average Bonchev–Trinajstić information content (AvgIpc) is 3.76. The second kappa shape index (κ2) is 14.8. The van der Waals surface area contributed by atoms with Crippen LogP contribution in [0.1, 0.15) is 47.2 Å². The van der Waals surface area contributed by atoms with Gasteiger partial charge in [0.2, 0.25) is 5.91 Å². The smallest absolute Gasteiger partial charge is 0.416 e. The molecule has 3 aliphatic rings. The molecule has 0 radical (unpaired) electrons. The van der Waals surface area contributed by atoms with Crippen LogP contribution in [0.25, 0.3) is 0 Å². The molecule has 0 unspecified atom stereocenters. The minimum Gasteiger partial charge on any atom is -0.497 e. The number of nitrogens with zero attached hydrogens (tertiary/aromatic N) is 5. The number of hydrogen-bond acceptors (Lipinski definition) is 9. The molecule has 2 aromatic carbocycles. The maximum atomic E-state index is 14.6. The highest BCUT2D eigenvalue weighted by Gasteiger charge is 2.46. The Kier molecular flexibility index (Phi) is 10.5. The number of anilines is 2. The summed E-state index contributed by atoms with van der Waals surface area (Å²) < 4.78 is 58.0. The van der Waals surface area contributed by atoms with E-state index >= 15 is 0 Å². The van der Waals surface area contributed by atoms with Gasteiger partial charge in [0.25, 0.3) is 0 Å². The van der Waals surface area contributed by atoms with Crippen LogP contribution in [-0.4, -0.2) is 93.9 Å². The Morgan fingerprint density at radius 2 is 1.64 bits per heavy atom. The topological polar surface area (TPSA) is 97.3 Å². The Morgan fingerprint density at radius 3 is 2.28 bits per heavy atom. The highest BCUT2D eigenvalue weighted by atomic mass is 19.4. The fourth-order valence-corrected chi connectivity index (χ4v) is 7.90. The number of benzene rings is 2. The van der Waals surface area contributed by atoms with Crippen molar-refractivity contribution in [3.63, 3.8) is 0 Å². The van der Waals surface area contributed by atoms with Crippen molar-refractivity contribution in [2.45, 2.75) is 37.8 Å². The molecule has 3 saturated heterocycles. The van der Waals surface area contributed by atoms with Crippen LogP contribution in [0.15, 0.2) is 54.7 Å². The third-order valence-electron chi connectivity index (χ3n) is 10.5. The molecular formula is C37H44F3N5O5. The maximum absolute atomic E-state index is 14.6. The molecule has 50 heavy (non-hydrogen) atoms. The Labute approximate surface area is 290 Å². The molecule has 3 fully saturated rings. The third kappa shape index (κ3) is 7.38. The summed E-state index contributed by atoms with van der Waals surface area (Å²) >= 11 is 0. The molecule has 3 aromatic rings. The number of piperidine rings is 1. The summed E-state index contributed by atoms with van der Waals surface area (Å²) in [5.41, 5.74) is 1.53. The summed E-state index contributed by atoms with van der Waals surface area (Å²) in [4.78, 5) is 41.6. The molecule has 0 spiro atoms. The van der Waals surface area contributed by atoms with Crippen LogP contribution in [0.5, 0.6) is 5.75 Å². The van der Waals surface area contributed by atoms with Crippen LogP contribution in [-0.2, 0) is 25.2 Å². The lowest BCUT2D eigenvalue weighted by atomic mass is 9.86. The zero-order valence-electron chi connectivity index (χ0n) is 28.9. The summed E-state index contributed by atoms with van der Waals surface area (Å²) in [7, 11) is 4.57. The van der Waals surface area contributed by atoms with Gasteiger partial charge >= 0.3 is 12.1 Å². The van der Waals surface area contributed by atoms with E-state index in [1.165, 1.54) is 13.2 Å². The number of ether oxygens (including phenoxy) is 3. The first kappa shape index (κ1) is 35.4. The molecule has 0 N–H and O–H groups in total. The number of alkyl halides is 3. The SMILES string of the molecule is COC[C@H]1CN(C(=O)[C@@H]2CN(c3ccnc(C)n3)C[C@H]2c2ccc(OC)cc2)C[C@@H]1c1ccc(C(F)(F)F)cc1N1CCC(C(=O)OC)CC1. The fourth-order valence-electron chi connectivity index (χ4n) is 7.90. The number of amides is 1. The molecule has 13 heteroatoms. The molecule has 4 atom stereocenters. The highest BCUT2D eigenvalue weighted by molar-refractivity contribution is 5.82. The van der Waals surface area contributed by atoms with Crippen LogP contribution in [0.4, 0.5) is 24.7 Å². The van der Waals surface area contributed by atoms with Crippen molar-refractivity contribution in [3.05, 3.63) is 77.2 Å². The van der Waals surface area contributed by atoms with Gasteiger partial charge in [-0.2, -0.15) is 13.2 Å². The molecule has 6 rings (SSSR count). The number of aryl methyl sites for hydroxylation is 1. The molecule has 4 heterocycles. The lowest BCUT2D eigenvalue weighted by molar-refractivity contribution is -0.146. The zero-order chi connectivity index (χ0) is 35.6. The van der Waals surface area contributed by atoms with E-state index in [1.54, 1.807) is 26.5 Å². The summed E-state index contributed by atoms with van der Waals surface area (Å²) in [5.74, 6) is 0.642. The van der Waals surface area contributed by atoms with Gasteiger partial charge < -0.3 is 28.9 Å². The van der Waals surface area contributed by atoms with E-state index in [-0.39, 0.29) is 41.5 Å². The minimum atomic E-state index is -4.52. The Hall–Kier alpha value is -4.39. The van der Waals surface area contributed by atoms with Crippen molar-refractivity contribution in [3.8, 4) is 5.75 Å². The van der Waals surface area contributed by atoms with Crippen molar-refractivity contribution in [2.75, 3.05) is 77.0 Å². The van der Waals surface area contributed by atoms with Gasteiger partial charge in [0, 0.05) is 76.0 Å². The maximum Gasteiger partial charge on any atom is 0.416 e. The normalized spacial score (nSPS) is 23.0. The van der Waals surface area contributed by atoms with Crippen LogP contribution in [0.2, 0.25) is 0 Å². The number of rotatable bonds is 9.